The Morgan fingerprint density at radius 2 is 2.06 bits per heavy atom. The molecule has 0 fully saturated rings. The summed E-state index contributed by atoms with van der Waals surface area (Å²) in [4.78, 5) is 17.0. The monoisotopic (exact) mass is 413 g/mol. The molecule has 0 bridgehead atoms. The maximum Gasteiger partial charge on any atom is 0.251 e. The van der Waals surface area contributed by atoms with E-state index in [0.717, 1.165) is 16.7 Å². The van der Waals surface area contributed by atoms with Crippen LogP contribution < -0.4 is 10.1 Å². The van der Waals surface area contributed by atoms with Crippen molar-refractivity contribution in [3.63, 3.8) is 0 Å². The topological polar surface area (TPSA) is 84.2 Å². The van der Waals surface area contributed by atoms with Gasteiger partial charge in [-0.3, -0.25) is 9.78 Å². The summed E-state index contributed by atoms with van der Waals surface area (Å²) < 4.78 is 11.4. The first-order valence-electron chi connectivity index (χ1n) is 10.1. The number of carbonyl (C=O) groups is 1. The molecule has 156 valence electrons. The molecule has 0 saturated carbocycles. The van der Waals surface area contributed by atoms with Crippen molar-refractivity contribution in [1.82, 2.24) is 10.3 Å². The van der Waals surface area contributed by atoms with Gasteiger partial charge in [-0.1, -0.05) is 36.4 Å². The number of ether oxygens (including phenoxy) is 2. The van der Waals surface area contributed by atoms with Gasteiger partial charge < -0.3 is 14.8 Å². The highest BCUT2D eigenvalue weighted by molar-refractivity contribution is 5.94. The predicted molar refractivity (Wildman–Crippen MR) is 115 cm³/mol. The third-order valence-corrected chi connectivity index (χ3v) is 5.33. The van der Waals surface area contributed by atoms with E-state index in [1.165, 1.54) is 0 Å². The summed E-state index contributed by atoms with van der Waals surface area (Å²) in [5.74, 6) is 0.480. The molecule has 0 radical (unpaired) electrons. The van der Waals surface area contributed by atoms with Crippen LogP contribution in [0.5, 0.6) is 5.75 Å². The van der Waals surface area contributed by atoms with Crippen LogP contribution in [0.3, 0.4) is 0 Å². The van der Waals surface area contributed by atoms with Crippen LogP contribution in [0, 0.1) is 11.3 Å². The molecule has 0 aliphatic carbocycles. The Kier molecular flexibility index (Phi) is 5.96. The van der Waals surface area contributed by atoms with Gasteiger partial charge in [-0.25, -0.2) is 0 Å². The Labute approximate surface area is 181 Å². The number of rotatable bonds is 6. The third-order valence-electron chi connectivity index (χ3n) is 5.33. The normalized spacial score (nSPS) is 17.3. The molecule has 31 heavy (non-hydrogen) atoms. The van der Waals surface area contributed by atoms with Crippen molar-refractivity contribution >= 4 is 5.91 Å². The average Bonchev–Trinajstić information content (AvgIpc) is 2.82. The highest BCUT2D eigenvalue weighted by Gasteiger charge is 2.33. The number of benzene rings is 2. The standard InChI is InChI=1S/C25H23N3O3/c1-25(16-26)17-30-15-20-8-7-19(11-23(20)25)24(29)28-13-21-12-22(9-10-27-21)31-14-18-5-3-2-4-6-18/h2-12H,13-15,17H2,1H3,(H,28,29). The van der Waals surface area contributed by atoms with Crippen LogP contribution in [0.4, 0.5) is 0 Å². The molecule has 1 aromatic heterocycles. The van der Waals surface area contributed by atoms with Crippen LogP contribution in [0.1, 0.15) is 39.7 Å². The van der Waals surface area contributed by atoms with Gasteiger partial charge in [0.2, 0.25) is 0 Å². The van der Waals surface area contributed by atoms with E-state index >= 15 is 0 Å². The second-order valence-corrected chi connectivity index (χ2v) is 7.75. The second-order valence-electron chi connectivity index (χ2n) is 7.75. The minimum atomic E-state index is -0.754. The maximum atomic E-state index is 12.7. The summed E-state index contributed by atoms with van der Waals surface area (Å²) in [5, 5.41) is 12.5. The molecule has 1 amide bonds. The van der Waals surface area contributed by atoms with Gasteiger partial charge >= 0.3 is 0 Å². The Hall–Kier alpha value is -3.69. The van der Waals surface area contributed by atoms with Gasteiger partial charge in [0.1, 0.15) is 17.8 Å². The molecule has 4 rings (SSSR count). The predicted octanol–water partition coefficient (Wildman–Crippen LogP) is 3.90. The summed E-state index contributed by atoms with van der Waals surface area (Å²) in [5.41, 5.74) is 3.33. The van der Waals surface area contributed by atoms with Crippen molar-refractivity contribution < 1.29 is 14.3 Å². The first-order valence-corrected chi connectivity index (χ1v) is 10.1. The van der Waals surface area contributed by atoms with Gasteiger partial charge in [-0.2, -0.15) is 5.26 Å². The van der Waals surface area contributed by atoms with Gasteiger partial charge in [-0.05, 0) is 41.8 Å². The van der Waals surface area contributed by atoms with E-state index in [2.05, 4.69) is 16.4 Å². The van der Waals surface area contributed by atoms with Gasteiger partial charge in [0, 0.05) is 17.8 Å². The van der Waals surface area contributed by atoms with Gasteiger partial charge in [0.15, 0.2) is 0 Å². The zero-order valence-corrected chi connectivity index (χ0v) is 17.3. The average molecular weight is 413 g/mol. The molecule has 6 nitrogen and oxygen atoms in total. The minimum Gasteiger partial charge on any atom is -0.489 e. The fourth-order valence-corrected chi connectivity index (χ4v) is 3.55. The molecule has 1 aliphatic heterocycles. The van der Waals surface area contributed by atoms with E-state index in [1.54, 1.807) is 24.4 Å². The second kappa shape index (κ2) is 8.99. The Balaban J connectivity index is 1.40. The largest absolute Gasteiger partial charge is 0.489 e. The number of carbonyl (C=O) groups excluding carboxylic acids is 1. The number of nitriles is 1. The zero-order valence-electron chi connectivity index (χ0n) is 17.3. The van der Waals surface area contributed by atoms with Crippen LogP contribution in [0.15, 0.2) is 66.9 Å². The highest BCUT2D eigenvalue weighted by atomic mass is 16.5. The molecule has 1 aliphatic rings. The lowest BCUT2D eigenvalue weighted by Crippen LogP contribution is -2.33. The Bertz CT molecular complexity index is 1120. The van der Waals surface area contributed by atoms with Crippen molar-refractivity contribution in [1.29, 1.82) is 5.26 Å². The van der Waals surface area contributed by atoms with Crippen LogP contribution in [0.2, 0.25) is 0 Å². The lowest BCUT2D eigenvalue weighted by molar-refractivity contribution is 0.0757. The zero-order chi connectivity index (χ0) is 21.7. The van der Waals surface area contributed by atoms with Crippen molar-refractivity contribution in [2.45, 2.75) is 32.1 Å². The molecule has 1 atom stereocenters. The molecule has 3 aromatic rings. The number of nitrogens with zero attached hydrogens (tertiary/aromatic N) is 2. The smallest absolute Gasteiger partial charge is 0.251 e. The number of amides is 1. The van der Waals surface area contributed by atoms with Crippen LogP contribution in [0.25, 0.3) is 0 Å². The summed E-state index contributed by atoms with van der Waals surface area (Å²) in [6.07, 6.45) is 1.67. The molecule has 2 heterocycles. The first kappa shape index (κ1) is 20.6. The molecule has 1 unspecified atom stereocenters. The van der Waals surface area contributed by atoms with E-state index in [1.807, 2.05) is 49.4 Å². The highest BCUT2D eigenvalue weighted by Crippen LogP contribution is 2.32. The first-order chi connectivity index (χ1) is 15.1. The van der Waals surface area contributed by atoms with Crippen molar-refractivity contribution in [3.8, 4) is 11.8 Å². The van der Waals surface area contributed by atoms with E-state index in [4.69, 9.17) is 9.47 Å². The van der Waals surface area contributed by atoms with E-state index < -0.39 is 5.41 Å². The number of nitrogens with one attached hydrogen (secondary N) is 1. The van der Waals surface area contributed by atoms with Crippen molar-refractivity contribution in [2.24, 2.45) is 0 Å². The van der Waals surface area contributed by atoms with Crippen LogP contribution >= 0.6 is 0 Å². The summed E-state index contributed by atoms with van der Waals surface area (Å²) in [6.45, 7) is 3.34. The Morgan fingerprint density at radius 1 is 1.23 bits per heavy atom. The van der Waals surface area contributed by atoms with Crippen LogP contribution in [-0.2, 0) is 29.9 Å². The van der Waals surface area contributed by atoms with Crippen LogP contribution in [-0.4, -0.2) is 17.5 Å². The Morgan fingerprint density at radius 3 is 2.87 bits per heavy atom. The molecular weight excluding hydrogens is 390 g/mol. The summed E-state index contributed by atoms with van der Waals surface area (Å²) in [7, 11) is 0. The molecule has 1 N–H and O–H groups in total. The number of pyridine rings is 1. The number of aromatic nitrogens is 1. The van der Waals surface area contributed by atoms with E-state index in [9.17, 15) is 10.1 Å². The van der Waals surface area contributed by atoms with E-state index in [-0.39, 0.29) is 12.5 Å². The lowest BCUT2D eigenvalue weighted by Gasteiger charge is -2.30. The summed E-state index contributed by atoms with van der Waals surface area (Å²) >= 11 is 0. The minimum absolute atomic E-state index is 0.216. The van der Waals surface area contributed by atoms with Gasteiger partial charge in [0.05, 0.1) is 31.5 Å². The summed E-state index contributed by atoms with van der Waals surface area (Å²) in [6, 6.07) is 21.2. The third kappa shape index (κ3) is 4.73. The van der Waals surface area contributed by atoms with Crippen molar-refractivity contribution in [2.75, 3.05) is 6.61 Å². The molecular formula is C25H23N3O3. The van der Waals surface area contributed by atoms with E-state index in [0.29, 0.717) is 36.8 Å². The molecule has 6 heteroatoms. The number of hydrogen-bond donors (Lipinski definition) is 1. The molecule has 0 spiro atoms. The molecule has 2 aromatic carbocycles. The SMILES string of the molecule is CC1(C#N)COCc2ccc(C(=O)NCc3cc(OCc4ccccc4)ccn3)cc21. The number of fused-ring (bicyclic) bond motifs is 1. The maximum absolute atomic E-state index is 12.7. The fourth-order valence-electron chi connectivity index (χ4n) is 3.55. The fraction of sp³-hybridized carbons (Fsp3) is 0.240. The quantitative estimate of drug-likeness (QED) is 0.663. The lowest BCUT2D eigenvalue weighted by atomic mass is 9.79. The number of hydrogen-bond acceptors (Lipinski definition) is 5. The van der Waals surface area contributed by atoms with Gasteiger partial charge in [-0.15, -0.1) is 0 Å². The molecule has 0 saturated heterocycles. The van der Waals surface area contributed by atoms with Crippen molar-refractivity contribution in [3.05, 3.63) is 94.8 Å². The van der Waals surface area contributed by atoms with Gasteiger partial charge in [0.25, 0.3) is 5.91 Å².